The monoisotopic (exact) mass is 283 g/mol. The summed E-state index contributed by atoms with van der Waals surface area (Å²) in [7, 11) is 0. The fourth-order valence-electron chi connectivity index (χ4n) is 3.45. The van der Waals surface area contributed by atoms with Crippen molar-refractivity contribution in [3.8, 4) is 6.07 Å². The Labute approximate surface area is 124 Å². The number of rotatable bonds is 4. The molecule has 0 bridgehead atoms. The second kappa shape index (κ2) is 5.65. The Balaban J connectivity index is 1.78. The van der Waals surface area contributed by atoms with Crippen LogP contribution in [0, 0.1) is 23.2 Å². The molecule has 5 heteroatoms. The highest BCUT2D eigenvalue weighted by Gasteiger charge is 2.31. The molecule has 3 rings (SSSR count). The smallest absolute Gasteiger partial charge is 0.139 e. The van der Waals surface area contributed by atoms with Gasteiger partial charge in [0, 0.05) is 24.0 Å². The van der Waals surface area contributed by atoms with Gasteiger partial charge in [0.1, 0.15) is 5.65 Å². The van der Waals surface area contributed by atoms with Crippen LogP contribution in [0.5, 0.6) is 0 Å². The van der Waals surface area contributed by atoms with Crippen LogP contribution in [-0.2, 0) is 0 Å². The van der Waals surface area contributed by atoms with E-state index in [0.29, 0.717) is 30.0 Å². The van der Waals surface area contributed by atoms with E-state index in [0.717, 1.165) is 29.6 Å². The van der Waals surface area contributed by atoms with Gasteiger partial charge in [0.25, 0.3) is 0 Å². The number of nitrogens with zero attached hydrogens (tertiary/aromatic N) is 2. The molecule has 0 saturated heterocycles. The van der Waals surface area contributed by atoms with Crippen LogP contribution in [0.15, 0.2) is 18.5 Å². The van der Waals surface area contributed by atoms with Gasteiger partial charge in [0.2, 0.25) is 0 Å². The number of pyridine rings is 1. The van der Waals surface area contributed by atoms with Gasteiger partial charge in [-0.15, -0.1) is 0 Å². The number of fused-ring (bicyclic) bond motifs is 1. The average Bonchev–Trinajstić information content (AvgIpc) is 3.07. The van der Waals surface area contributed by atoms with E-state index in [1.54, 1.807) is 6.20 Å². The molecule has 110 valence electrons. The van der Waals surface area contributed by atoms with E-state index in [2.05, 4.69) is 28.3 Å². The molecule has 0 spiro atoms. The Morgan fingerprint density at radius 1 is 1.52 bits per heavy atom. The first kappa shape index (κ1) is 13.7. The van der Waals surface area contributed by atoms with Gasteiger partial charge in [-0.25, -0.2) is 4.98 Å². The van der Waals surface area contributed by atoms with Gasteiger partial charge in [-0.05, 0) is 37.2 Å². The van der Waals surface area contributed by atoms with Crippen LogP contribution in [-0.4, -0.2) is 16.0 Å². The number of hydrogen-bond acceptors (Lipinski definition) is 4. The van der Waals surface area contributed by atoms with E-state index in [1.807, 2.05) is 12.3 Å². The lowest BCUT2D eigenvalue weighted by atomic mass is 10.0. The summed E-state index contributed by atoms with van der Waals surface area (Å²) in [4.78, 5) is 7.41. The van der Waals surface area contributed by atoms with Gasteiger partial charge in [0.05, 0.1) is 23.6 Å². The zero-order chi connectivity index (χ0) is 14.8. The van der Waals surface area contributed by atoms with E-state index in [1.165, 1.54) is 6.42 Å². The lowest BCUT2D eigenvalue weighted by Gasteiger charge is -2.20. The highest BCUT2D eigenvalue weighted by atomic mass is 15.0. The minimum absolute atomic E-state index is 0.413. The lowest BCUT2D eigenvalue weighted by molar-refractivity contribution is 0.486. The minimum atomic E-state index is 0.413. The van der Waals surface area contributed by atoms with Crippen molar-refractivity contribution in [3.63, 3.8) is 0 Å². The van der Waals surface area contributed by atoms with Crippen molar-refractivity contribution in [3.05, 3.63) is 18.5 Å². The molecule has 0 aromatic carbocycles. The van der Waals surface area contributed by atoms with Gasteiger partial charge >= 0.3 is 0 Å². The minimum Gasteiger partial charge on any atom is -0.396 e. The van der Waals surface area contributed by atoms with Crippen LogP contribution in [0.3, 0.4) is 0 Å². The van der Waals surface area contributed by atoms with Crippen molar-refractivity contribution in [2.75, 3.05) is 11.1 Å². The van der Waals surface area contributed by atoms with E-state index < -0.39 is 0 Å². The number of nitrogens with two attached hydrogens (primary N) is 1. The zero-order valence-electron chi connectivity index (χ0n) is 12.3. The molecule has 1 saturated carbocycles. The molecule has 0 aliphatic heterocycles. The maximum absolute atomic E-state index is 8.73. The molecule has 1 aliphatic rings. The van der Waals surface area contributed by atoms with Crippen LogP contribution in [0.1, 0.15) is 32.6 Å². The zero-order valence-corrected chi connectivity index (χ0v) is 12.3. The van der Waals surface area contributed by atoms with E-state index in [9.17, 15) is 0 Å². The summed E-state index contributed by atoms with van der Waals surface area (Å²) in [5, 5.41) is 13.4. The molecule has 2 heterocycles. The third kappa shape index (κ3) is 2.66. The Kier molecular flexibility index (Phi) is 3.70. The van der Waals surface area contributed by atoms with Gasteiger partial charge in [-0.3, -0.25) is 0 Å². The third-order valence-electron chi connectivity index (χ3n) is 4.59. The summed E-state index contributed by atoms with van der Waals surface area (Å²) < 4.78 is 0. The second-order valence-corrected chi connectivity index (χ2v) is 6.09. The van der Waals surface area contributed by atoms with Crippen LogP contribution in [0.4, 0.5) is 11.4 Å². The van der Waals surface area contributed by atoms with E-state index in [4.69, 9.17) is 11.0 Å². The summed E-state index contributed by atoms with van der Waals surface area (Å²) in [6.07, 6.45) is 7.54. The molecule has 21 heavy (non-hydrogen) atoms. The lowest BCUT2D eigenvalue weighted by Crippen LogP contribution is -2.22. The van der Waals surface area contributed by atoms with Crippen LogP contribution in [0.2, 0.25) is 0 Å². The van der Waals surface area contributed by atoms with Gasteiger partial charge < -0.3 is 16.0 Å². The topological polar surface area (TPSA) is 90.5 Å². The largest absolute Gasteiger partial charge is 0.396 e. The number of H-pyrrole nitrogens is 1. The van der Waals surface area contributed by atoms with Crippen molar-refractivity contribution >= 4 is 22.4 Å². The first-order valence-electron chi connectivity index (χ1n) is 7.54. The summed E-state index contributed by atoms with van der Waals surface area (Å²) in [5.41, 5.74) is 8.64. The van der Waals surface area contributed by atoms with Crippen molar-refractivity contribution in [1.82, 2.24) is 9.97 Å². The standard InChI is InChI=1S/C16H21N5/c1-10-7-11(3-2-5-17)8-14(10)21-15-12-4-6-19-16(12)20-9-13(15)18/h4,6,9-11,14H,2-3,7-8,18H2,1H3,(H2,19,20,21)/t10-,11-,14+/m1/s1. The molecular formula is C16H21N5. The molecule has 1 fully saturated rings. The Bertz CT molecular complexity index is 669. The quantitative estimate of drug-likeness (QED) is 0.803. The molecule has 0 unspecified atom stereocenters. The Morgan fingerprint density at radius 2 is 2.38 bits per heavy atom. The van der Waals surface area contributed by atoms with Gasteiger partial charge in [-0.2, -0.15) is 5.26 Å². The molecule has 3 atom stereocenters. The molecular weight excluding hydrogens is 262 g/mol. The molecule has 1 aliphatic carbocycles. The van der Waals surface area contributed by atoms with E-state index in [-0.39, 0.29) is 0 Å². The van der Waals surface area contributed by atoms with Crippen molar-refractivity contribution in [2.24, 2.45) is 11.8 Å². The Morgan fingerprint density at radius 3 is 3.19 bits per heavy atom. The second-order valence-electron chi connectivity index (χ2n) is 6.09. The van der Waals surface area contributed by atoms with Crippen LogP contribution in [0.25, 0.3) is 11.0 Å². The summed E-state index contributed by atoms with van der Waals surface area (Å²) in [5.74, 6) is 1.23. The fourth-order valence-corrected chi connectivity index (χ4v) is 3.45. The van der Waals surface area contributed by atoms with E-state index >= 15 is 0 Å². The Hall–Kier alpha value is -2.22. The average molecular weight is 283 g/mol. The highest BCUT2D eigenvalue weighted by molar-refractivity contribution is 5.95. The maximum Gasteiger partial charge on any atom is 0.139 e. The first-order chi connectivity index (χ1) is 10.2. The predicted octanol–water partition coefficient (Wildman–Crippen LogP) is 3.28. The van der Waals surface area contributed by atoms with Crippen LogP contribution < -0.4 is 11.1 Å². The maximum atomic E-state index is 8.73. The number of nitrogens with one attached hydrogen (secondary N) is 2. The number of aromatic nitrogens is 2. The van der Waals surface area contributed by atoms with Crippen LogP contribution >= 0.6 is 0 Å². The van der Waals surface area contributed by atoms with Gasteiger partial charge in [-0.1, -0.05) is 6.92 Å². The first-order valence-corrected chi connectivity index (χ1v) is 7.54. The molecule has 0 amide bonds. The van der Waals surface area contributed by atoms with Crippen molar-refractivity contribution in [2.45, 2.75) is 38.6 Å². The van der Waals surface area contributed by atoms with Gasteiger partial charge in [0.15, 0.2) is 0 Å². The number of nitrogen functional groups attached to an aromatic ring is 1. The molecule has 2 aromatic heterocycles. The van der Waals surface area contributed by atoms with Crippen molar-refractivity contribution < 1.29 is 0 Å². The fraction of sp³-hybridized carbons (Fsp3) is 0.500. The molecule has 5 nitrogen and oxygen atoms in total. The normalized spacial score (nSPS) is 25.0. The molecule has 0 radical (unpaired) electrons. The summed E-state index contributed by atoms with van der Waals surface area (Å²) in [6.45, 7) is 2.27. The number of aromatic amines is 1. The van der Waals surface area contributed by atoms with Crippen molar-refractivity contribution in [1.29, 1.82) is 5.26 Å². The number of nitriles is 1. The number of anilines is 2. The predicted molar refractivity (Wildman–Crippen MR) is 84.7 cm³/mol. The number of hydrogen-bond donors (Lipinski definition) is 3. The summed E-state index contributed by atoms with van der Waals surface area (Å²) >= 11 is 0. The SMILES string of the molecule is C[C@@H]1C[C@@H](CCC#N)C[C@@H]1Nc1c(N)cnc2[nH]ccc12. The molecule has 4 N–H and O–H groups in total. The highest BCUT2D eigenvalue weighted by Crippen LogP contribution is 2.38. The molecule has 2 aromatic rings. The summed E-state index contributed by atoms with van der Waals surface area (Å²) in [6, 6.07) is 4.67. The third-order valence-corrected chi connectivity index (χ3v) is 4.59.